The van der Waals surface area contributed by atoms with Gasteiger partial charge in [-0.15, -0.1) is 0 Å². The Balaban J connectivity index is 1.63. The minimum Gasteiger partial charge on any atom is -0.486 e. The van der Waals surface area contributed by atoms with Crippen molar-refractivity contribution in [2.75, 3.05) is 11.4 Å². The summed E-state index contributed by atoms with van der Waals surface area (Å²) in [6.45, 7) is 5.17. The molecule has 4 rings (SSSR count). The number of rotatable bonds is 6. The molecule has 1 amide bonds. The number of anilines is 1. The van der Waals surface area contributed by atoms with Crippen molar-refractivity contribution in [3.05, 3.63) is 91.9 Å². The summed E-state index contributed by atoms with van der Waals surface area (Å²) in [5.74, 6) is 1.03. The first-order chi connectivity index (χ1) is 15.9. The Kier molecular flexibility index (Phi) is 7.02. The van der Waals surface area contributed by atoms with Gasteiger partial charge < -0.3 is 9.64 Å². The Morgan fingerprint density at radius 2 is 1.73 bits per heavy atom. The van der Waals surface area contributed by atoms with E-state index in [0.717, 1.165) is 31.3 Å². The van der Waals surface area contributed by atoms with Gasteiger partial charge in [0, 0.05) is 23.2 Å². The molecule has 0 N–H and O–H groups in total. The van der Waals surface area contributed by atoms with E-state index in [9.17, 15) is 10.1 Å². The van der Waals surface area contributed by atoms with Gasteiger partial charge in [0.05, 0.1) is 26.3 Å². The lowest BCUT2D eigenvalue weighted by Gasteiger charge is -2.19. The Morgan fingerprint density at radius 3 is 2.42 bits per heavy atom. The molecule has 0 saturated heterocycles. The first kappa shape index (κ1) is 23.3. The zero-order valence-corrected chi connectivity index (χ0v) is 21.5. The van der Waals surface area contributed by atoms with Gasteiger partial charge in [-0.1, -0.05) is 50.2 Å². The van der Waals surface area contributed by atoms with Gasteiger partial charge in [-0.2, -0.15) is 5.26 Å². The highest BCUT2D eigenvalue weighted by atomic mass is 79.9. The molecule has 0 bridgehead atoms. The van der Waals surface area contributed by atoms with Crippen LogP contribution in [0.25, 0.3) is 11.6 Å². The van der Waals surface area contributed by atoms with Crippen LogP contribution in [0.1, 0.15) is 36.1 Å². The number of nitrogens with zero attached hydrogens (tertiary/aromatic N) is 2. The van der Waals surface area contributed by atoms with E-state index in [2.05, 4.69) is 51.8 Å². The molecule has 166 valence electrons. The first-order valence-corrected chi connectivity index (χ1v) is 12.2. The lowest BCUT2D eigenvalue weighted by molar-refractivity contribution is -0.113. The monoisotopic (exact) mass is 564 g/mol. The molecule has 0 aromatic heterocycles. The van der Waals surface area contributed by atoms with Crippen LogP contribution in [0.15, 0.2) is 69.6 Å². The number of fused-ring (bicyclic) bond motifs is 1. The van der Waals surface area contributed by atoms with Gasteiger partial charge in [-0.25, -0.2) is 0 Å². The maximum absolute atomic E-state index is 13.2. The lowest BCUT2D eigenvalue weighted by atomic mass is 10.0. The van der Waals surface area contributed by atoms with Gasteiger partial charge in [0.1, 0.15) is 12.4 Å². The van der Waals surface area contributed by atoms with Crippen LogP contribution in [-0.2, 0) is 11.4 Å². The normalized spacial score (nSPS) is 14.0. The minimum atomic E-state index is 0.0191. The number of nitriles is 1. The predicted octanol–water partition coefficient (Wildman–Crippen LogP) is 7.21. The third-order valence-corrected chi connectivity index (χ3v) is 6.53. The van der Waals surface area contributed by atoms with E-state index < -0.39 is 0 Å². The van der Waals surface area contributed by atoms with Gasteiger partial charge >= 0.3 is 0 Å². The molecule has 0 saturated carbocycles. The molecule has 0 radical (unpaired) electrons. The number of carbonyl (C=O) groups excluding carboxylic acids is 1. The molecule has 1 aliphatic heterocycles. The fourth-order valence-corrected chi connectivity index (χ4v) is 5.32. The van der Waals surface area contributed by atoms with Gasteiger partial charge in [-0.3, -0.25) is 4.79 Å². The molecule has 4 nitrogen and oxygen atoms in total. The molecular weight excluding hydrogens is 544 g/mol. The van der Waals surface area contributed by atoms with Crippen LogP contribution in [-0.4, -0.2) is 12.5 Å². The quantitative estimate of drug-likeness (QED) is 0.297. The highest BCUT2D eigenvalue weighted by molar-refractivity contribution is 9.11. The summed E-state index contributed by atoms with van der Waals surface area (Å²) in [5.41, 5.74) is 4.88. The number of para-hydroxylation sites is 1. The number of hydrogen-bond donors (Lipinski definition) is 0. The second kappa shape index (κ2) is 9.94. The average Bonchev–Trinajstić information content (AvgIpc) is 3.04. The number of ether oxygens (including phenoxy) is 1. The Morgan fingerprint density at radius 1 is 1.06 bits per heavy atom. The fourth-order valence-electron chi connectivity index (χ4n) is 3.87. The second-order valence-electron chi connectivity index (χ2n) is 8.26. The van der Waals surface area contributed by atoms with Crippen LogP contribution >= 0.6 is 31.9 Å². The van der Waals surface area contributed by atoms with E-state index in [-0.39, 0.29) is 12.5 Å². The smallest absolute Gasteiger partial charge is 0.259 e. The zero-order chi connectivity index (χ0) is 23.5. The van der Waals surface area contributed by atoms with Crippen molar-refractivity contribution in [2.24, 2.45) is 5.92 Å². The van der Waals surface area contributed by atoms with Crippen molar-refractivity contribution >= 4 is 55.1 Å². The largest absolute Gasteiger partial charge is 0.486 e. The zero-order valence-electron chi connectivity index (χ0n) is 18.3. The average molecular weight is 566 g/mol. The summed E-state index contributed by atoms with van der Waals surface area (Å²) in [6.07, 6.45) is 1.92. The van der Waals surface area contributed by atoms with Gasteiger partial charge in [0.2, 0.25) is 0 Å². The molecule has 3 aromatic carbocycles. The maximum atomic E-state index is 13.2. The van der Waals surface area contributed by atoms with Crippen molar-refractivity contribution in [3.63, 3.8) is 0 Å². The molecular formula is C27H22Br2N2O2. The van der Waals surface area contributed by atoms with Gasteiger partial charge in [0.15, 0.2) is 0 Å². The Hall–Kier alpha value is -2.88. The standard InChI is InChI=1S/C27H22Br2N2O2/c1-17(2)15-31-25-10-6-5-9-21(25)22(27(31)32)11-18-12-23(28)26(24(29)13-18)33-16-20-8-4-3-7-19(20)14-30/h3-13,17H,15-16H2,1-2H3/b22-11-. The summed E-state index contributed by atoms with van der Waals surface area (Å²) in [7, 11) is 0. The van der Waals surface area contributed by atoms with Crippen LogP contribution in [0.3, 0.4) is 0 Å². The highest BCUT2D eigenvalue weighted by Crippen LogP contribution is 2.40. The van der Waals surface area contributed by atoms with Crippen LogP contribution in [0.4, 0.5) is 5.69 Å². The summed E-state index contributed by atoms with van der Waals surface area (Å²) in [6, 6.07) is 21.4. The summed E-state index contributed by atoms with van der Waals surface area (Å²) >= 11 is 7.21. The molecule has 6 heteroatoms. The first-order valence-electron chi connectivity index (χ1n) is 10.6. The fraction of sp³-hybridized carbons (Fsp3) is 0.185. The van der Waals surface area contributed by atoms with Gasteiger partial charge in [-0.05, 0) is 73.7 Å². The number of halogens is 2. The van der Waals surface area contributed by atoms with E-state index in [1.807, 2.05) is 65.6 Å². The number of benzene rings is 3. The van der Waals surface area contributed by atoms with Crippen molar-refractivity contribution in [3.8, 4) is 11.8 Å². The number of carbonyl (C=O) groups is 1. The Bertz CT molecular complexity index is 1270. The molecule has 0 fully saturated rings. The van der Waals surface area contributed by atoms with Crippen LogP contribution in [0.5, 0.6) is 5.75 Å². The summed E-state index contributed by atoms with van der Waals surface area (Å²) in [5, 5.41) is 9.29. The molecule has 3 aromatic rings. The SMILES string of the molecule is CC(C)CN1C(=O)/C(=C\c2cc(Br)c(OCc3ccccc3C#N)c(Br)c2)c2ccccc21. The van der Waals surface area contributed by atoms with Gasteiger partial charge in [0.25, 0.3) is 5.91 Å². The molecule has 0 unspecified atom stereocenters. The molecule has 0 atom stereocenters. The van der Waals surface area contributed by atoms with E-state index in [0.29, 0.717) is 29.3 Å². The van der Waals surface area contributed by atoms with Crippen molar-refractivity contribution in [1.82, 2.24) is 0 Å². The Labute approximate surface area is 210 Å². The molecule has 0 spiro atoms. The number of hydrogen-bond acceptors (Lipinski definition) is 3. The third-order valence-electron chi connectivity index (χ3n) is 5.35. The van der Waals surface area contributed by atoms with E-state index in [1.165, 1.54) is 0 Å². The molecule has 1 aliphatic rings. The number of amides is 1. The van der Waals surface area contributed by atoms with Crippen molar-refractivity contribution < 1.29 is 9.53 Å². The van der Waals surface area contributed by atoms with E-state index in [1.54, 1.807) is 6.07 Å². The molecule has 33 heavy (non-hydrogen) atoms. The van der Waals surface area contributed by atoms with Crippen LogP contribution < -0.4 is 9.64 Å². The van der Waals surface area contributed by atoms with Crippen molar-refractivity contribution in [1.29, 1.82) is 5.26 Å². The lowest BCUT2D eigenvalue weighted by Crippen LogP contribution is -2.30. The summed E-state index contributed by atoms with van der Waals surface area (Å²) in [4.78, 5) is 15.1. The minimum absolute atomic E-state index is 0.0191. The van der Waals surface area contributed by atoms with Crippen LogP contribution in [0.2, 0.25) is 0 Å². The third kappa shape index (κ3) is 4.90. The molecule has 1 heterocycles. The maximum Gasteiger partial charge on any atom is 0.259 e. The topological polar surface area (TPSA) is 53.3 Å². The predicted molar refractivity (Wildman–Crippen MR) is 139 cm³/mol. The summed E-state index contributed by atoms with van der Waals surface area (Å²) < 4.78 is 7.54. The van der Waals surface area contributed by atoms with E-state index in [4.69, 9.17) is 4.74 Å². The molecule has 0 aliphatic carbocycles. The van der Waals surface area contributed by atoms with Crippen molar-refractivity contribution in [2.45, 2.75) is 20.5 Å². The van der Waals surface area contributed by atoms with E-state index >= 15 is 0 Å². The highest BCUT2D eigenvalue weighted by Gasteiger charge is 2.32. The van der Waals surface area contributed by atoms with Crippen LogP contribution in [0, 0.1) is 17.2 Å². The second-order valence-corrected chi connectivity index (χ2v) is 9.96.